The highest BCUT2D eigenvalue weighted by Crippen LogP contribution is 2.24. The Labute approximate surface area is 139 Å². The molecule has 2 aromatic rings. The zero-order valence-electron chi connectivity index (χ0n) is 12.8. The third-order valence-corrected chi connectivity index (χ3v) is 3.14. The number of ether oxygens (including phenoxy) is 1. The van der Waals surface area contributed by atoms with Gasteiger partial charge in [-0.3, -0.25) is 0 Å². The summed E-state index contributed by atoms with van der Waals surface area (Å²) < 4.78 is 66.0. The molecule has 25 heavy (non-hydrogen) atoms. The van der Waals surface area contributed by atoms with Gasteiger partial charge >= 0.3 is 12.4 Å². The Hall–Kier alpha value is -2.84. The van der Waals surface area contributed by atoms with Crippen molar-refractivity contribution >= 4 is 11.7 Å². The average Bonchev–Trinajstić information content (AvgIpc) is 2.50. The molecule has 0 saturated heterocycles. The first-order valence-corrected chi connectivity index (χ1v) is 7.02. The summed E-state index contributed by atoms with van der Waals surface area (Å²) in [6.45, 7) is 1.56. The van der Waals surface area contributed by atoms with Gasteiger partial charge in [0.25, 0.3) is 0 Å². The number of amides is 2. The van der Waals surface area contributed by atoms with Gasteiger partial charge in [-0.1, -0.05) is 6.07 Å². The standard InChI is InChI=1S/C16H13F5N2O2/c1-9(10-2-7-13(17)14(18)8-10)22-15(24)23-11-3-5-12(6-4-11)25-16(19,20)21/h2-9H,1H3,(H2,22,23,24). The summed E-state index contributed by atoms with van der Waals surface area (Å²) in [4.78, 5) is 11.9. The van der Waals surface area contributed by atoms with Crippen molar-refractivity contribution in [3.63, 3.8) is 0 Å². The Kier molecular flexibility index (Phi) is 5.45. The quantitative estimate of drug-likeness (QED) is 0.774. The van der Waals surface area contributed by atoms with Crippen LogP contribution in [0.25, 0.3) is 0 Å². The average molecular weight is 360 g/mol. The molecule has 0 heterocycles. The minimum absolute atomic E-state index is 0.226. The van der Waals surface area contributed by atoms with Gasteiger partial charge in [0.15, 0.2) is 11.6 Å². The van der Waals surface area contributed by atoms with E-state index in [2.05, 4.69) is 15.4 Å². The second-order valence-electron chi connectivity index (χ2n) is 5.07. The molecule has 0 aliphatic heterocycles. The lowest BCUT2D eigenvalue weighted by molar-refractivity contribution is -0.274. The lowest BCUT2D eigenvalue weighted by Crippen LogP contribution is -2.31. The Bertz CT molecular complexity index is 747. The number of urea groups is 1. The second-order valence-corrected chi connectivity index (χ2v) is 5.07. The third-order valence-electron chi connectivity index (χ3n) is 3.14. The number of carbonyl (C=O) groups is 1. The molecule has 2 rings (SSSR count). The van der Waals surface area contributed by atoms with Gasteiger partial charge in [0, 0.05) is 5.69 Å². The fourth-order valence-corrected chi connectivity index (χ4v) is 1.97. The molecule has 9 heteroatoms. The smallest absolute Gasteiger partial charge is 0.406 e. The van der Waals surface area contributed by atoms with Crippen LogP contribution in [-0.2, 0) is 0 Å². The highest BCUT2D eigenvalue weighted by Gasteiger charge is 2.30. The van der Waals surface area contributed by atoms with Crippen molar-refractivity contribution in [2.45, 2.75) is 19.3 Å². The Morgan fingerprint density at radius 3 is 2.24 bits per heavy atom. The fraction of sp³-hybridized carbons (Fsp3) is 0.188. The molecule has 1 atom stereocenters. The van der Waals surface area contributed by atoms with E-state index in [0.29, 0.717) is 5.56 Å². The van der Waals surface area contributed by atoms with E-state index in [1.54, 1.807) is 6.92 Å². The van der Waals surface area contributed by atoms with Crippen LogP contribution in [-0.4, -0.2) is 12.4 Å². The summed E-state index contributed by atoms with van der Waals surface area (Å²) >= 11 is 0. The van der Waals surface area contributed by atoms with Gasteiger partial charge in [0.1, 0.15) is 5.75 Å². The van der Waals surface area contributed by atoms with Crippen molar-refractivity contribution in [1.29, 1.82) is 0 Å². The summed E-state index contributed by atoms with van der Waals surface area (Å²) in [5, 5.41) is 4.90. The number of hydrogen-bond donors (Lipinski definition) is 2. The zero-order chi connectivity index (χ0) is 18.6. The number of carbonyl (C=O) groups excluding carboxylic acids is 1. The number of alkyl halides is 3. The summed E-state index contributed by atoms with van der Waals surface area (Å²) in [6, 6.07) is 6.48. The molecular formula is C16H13F5N2O2. The van der Waals surface area contributed by atoms with Crippen molar-refractivity contribution in [2.75, 3.05) is 5.32 Å². The van der Waals surface area contributed by atoms with E-state index in [1.807, 2.05) is 0 Å². The van der Waals surface area contributed by atoms with E-state index < -0.39 is 35.8 Å². The van der Waals surface area contributed by atoms with E-state index in [1.165, 1.54) is 18.2 Å². The van der Waals surface area contributed by atoms with Crippen molar-refractivity contribution < 1.29 is 31.5 Å². The van der Waals surface area contributed by atoms with Gasteiger partial charge in [0.2, 0.25) is 0 Å². The zero-order valence-corrected chi connectivity index (χ0v) is 12.8. The molecule has 1 unspecified atom stereocenters. The first kappa shape index (κ1) is 18.5. The molecule has 2 N–H and O–H groups in total. The largest absolute Gasteiger partial charge is 0.573 e. The monoisotopic (exact) mass is 360 g/mol. The van der Waals surface area contributed by atoms with Crippen LogP contribution in [0.1, 0.15) is 18.5 Å². The number of rotatable bonds is 4. The summed E-state index contributed by atoms with van der Waals surface area (Å²) in [6.07, 6.45) is -4.80. The fourth-order valence-electron chi connectivity index (χ4n) is 1.97. The lowest BCUT2D eigenvalue weighted by Gasteiger charge is -2.15. The molecule has 0 aromatic heterocycles. The summed E-state index contributed by atoms with van der Waals surface area (Å²) in [5.74, 6) is -2.46. The Balaban J connectivity index is 1.94. The highest BCUT2D eigenvalue weighted by molar-refractivity contribution is 5.89. The minimum atomic E-state index is -4.80. The maximum absolute atomic E-state index is 13.2. The van der Waals surface area contributed by atoms with Gasteiger partial charge in [-0.2, -0.15) is 0 Å². The van der Waals surface area contributed by atoms with E-state index in [4.69, 9.17) is 0 Å². The van der Waals surface area contributed by atoms with E-state index in [0.717, 1.165) is 24.3 Å². The van der Waals surface area contributed by atoms with Crippen LogP contribution < -0.4 is 15.4 Å². The predicted molar refractivity (Wildman–Crippen MR) is 80.1 cm³/mol. The van der Waals surface area contributed by atoms with Crippen LogP contribution in [0.15, 0.2) is 42.5 Å². The van der Waals surface area contributed by atoms with Crippen molar-refractivity contribution in [2.24, 2.45) is 0 Å². The molecule has 0 radical (unpaired) electrons. The van der Waals surface area contributed by atoms with Gasteiger partial charge in [-0.25, -0.2) is 13.6 Å². The second kappa shape index (κ2) is 7.37. The number of nitrogens with one attached hydrogen (secondary N) is 2. The lowest BCUT2D eigenvalue weighted by atomic mass is 10.1. The molecule has 0 aliphatic rings. The molecule has 0 spiro atoms. The molecule has 0 saturated carbocycles. The first-order chi connectivity index (χ1) is 11.6. The molecule has 0 fully saturated rings. The number of hydrogen-bond acceptors (Lipinski definition) is 2. The molecule has 134 valence electrons. The van der Waals surface area contributed by atoms with Crippen molar-refractivity contribution in [1.82, 2.24) is 5.32 Å². The van der Waals surface area contributed by atoms with Crippen LogP contribution in [0.4, 0.5) is 32.4 Å². The van der Waals surface area contributed by atoms with Gasteiger partial charge in [0.05, 0.1) is 6.04 Å². The van der Waals surface area contributed by atoms with Gasteiger partial charge in [-0.15, -0.1) is 13.2 Å². The van der Waals surface area contributed by atoms with Crippen molar-refractivity contribution in [3.8, 4) is 5.75 Å². The van der Waals surface area contributed by atoms with Crippen LogP contribution in [0, 0.1) is 11.6 Å². The van der Waals surface area contributed by atoms with Gasteiger partial charge < -0.3 is 15.4 Å². The number of halogens is 5. The summed E-state index contributed by atoms with van der Waals surface area (Å²) in [5.41, 5.74) is 0.576. The number of anilines is 1. The molecule has 2 amide bonds. The van der Waals surface area contributed by atoms with Crippen molar-refractivity contribution in [3.05, 3.63) is 59.7 Å². The SMILES string of the molecule is CC(NC(=O)Nc1ccc(OC(F)(F)F)cc1)c1ccc(F)c(F)c1. The topological polar surface area (TPSA) is 50.4 Å². The molecule has 2 aromatic carbocycles. The number of benzene rings is 2. The summed E-state index contributed by atoms with van der Waals surface area (Å²) in [7, 11) is 0. The minimum Gasteiger partial charge on any atom is -0.406 e. The molecule has 0 aliphatic carbocycles. The normalized spacial score (nSPS) is 12.4. The van der Waals surface area contributed by atoms with E-state index >= 15 is 0 Å². The Morgan fingerprint density at radius 1 is 1.04 bits per heavy atom. The van der Waals surface area contributed by atoms with E-state index in [9.17, 15) is 26.7 Å². The molecule has 0 bridgehead atoms. The van der Waals surface area contributed by atoms with Crippen LogP contribution >= 0.6 is 0 Å². The van der Waals surface area contributed by atoms with Crippen LogP contribution in [0.2, 0.25) is 0 Å². The molecular weight excluding hydrogens is 347 g/mol. The predicted octanol–water partition coefficient (Wildman–Crippen LogP) is 4.75. The Morgan fingerprint density at radius 2 is 1.68 bits per heavy atom. The maximum Gasteiger partial charge on any atom is 0.573 e. The molecule has 4 nitrogen and oxygen atoms in total. The van der Waals surface area contributed by atoms with Gasteiger partial charge in [-0.05, 0) is 48.9 Å². The third kappa shape index (κ3) is 5.63. The van der Waals surface area contributed by atoms with Crippen LogP contribution in [0.3, 0.4) is 0 Å². The first-order valence-electron chi connectivity index (χ1n) is 7.02. The van der Waals surface area contributed by atoms with E-state index in [-0.39, 0.29) is 5.69 Å². The maximum atomic E-state index is 13.2. The highest BCUT2D eigenvalue weighted by atomic mass is 19.4. The van der Waals surface area contributed by atoms with Crippen LogP contribution in [0.5, 0.6) is 5.75 Å².